The van der Waals surface area contributed by atoms with Crippen LogP contribution in [0.25, 0.3) is 11.0 Å². The molecule has 7 nitrogen and oxygen atoms in total. The predicted octanol–water partition coefficient (Wildman–Crippen LogP) is 5.04. The van der Waals surface area contributed by atoms with E-state index in [1.165, 1.54) is 12.3 Å². The lowest BCUT2D eigenvalue weighted by atomic mass is 9.75. The molecule has 1 N–H and O–H groups in total. The van der Waals surface area contributed by atoms with Gasteiger partial charge < -0.3 is 19.2 Å². The number of Topliss-reactive ketones (excluding diaryl/α,β-unsaturated/α-hetero) is 1. The molecule has 0 saturated heterocycles. The highest BCUT2D eigenvalue weighted by Gasteiger charge is 2.40. The van der Waals surface area contributed by atoms with Gasteiger partial charge in [-0.25, -0.2) is 4.79 Å². The number of esters is 1. The second kappa shape index (κ2) is 10.0. The first-order chi connectivity index (χ1) is 17.4. The Balaban J connectivity index is 1.50. The first kappa shape index (κ1) is 23.9. The SMILES string of the molecule is CC1=C(C(=O)OCCOc2ccccc2)[C@H](c2coc3ccc(Cl)cc3c2=O)C2=C(CCCC2=O)N1. The van der Waals surface area contributed by atoms with Crippen molar-refractivity contribution in [1.29, 1.82) is 0 Å². The van der Waals surface area contributed by atoms with Crippen LogP contribution in [0.4, 0.5) is 0 Å². The average Bonchev–Trinajstić information content (AvgIpc) is 2.87. The minimum absolute atomic E-state index is 0.000978. The summed E-state index contributed by atoms with van der Waals surface area (Å²) in [6.07, 6.45) is 3.02. The molecule has 3 aromatic rings. The number of para-hydroxylation sites is 1. The van der Waals surface area contributed by atoms with Gasteiger partial charge in [-0.2, -0.15) is 0 Å². The fraction of sp³-hybridized carbons (Fsp3) is 0.250. The van der Waals surface area contributed by atoms with Gasteiger partial charge in [0.05, 0.1) is 23.1 Å². The number of fused-ring (bicyclic) bond motifs is 1. The number of ketones is 1. The van der Waals surface area contributed by atoms with Crippen molar-refractivity contribution in [2.75, 3.05) is 13.2 Å². The zero-order valence-corrected chi connectivity index (χ0v) is 20.4. The molecule has 0 unspecified atom stereocenters. The van der Waals surface area contributed by atoms with Crippen LogP contribution in [-0.2, 0) is 14.3 Å². The van der Waals surface area contributed by atoms with E-state index in [4.69, 9.17) is 25.5 Å². The number of benzene rings is 2. The molecule has 2 aromatic carbocycles. The third-order valence-corrected chi connectivity index (χ3v) is 6.63. The second-order valence-corrected chi connectivity index (χ2v) is 9.16. The highest BCUT2D eigenvalue weighted by Crippen LogP contribution is 2.42. The Bertz CT molecular complexity index is 1470. The maximum atomic E-state index is 13.6. The molecule has 184 valence electrons. The summed E-state index contributed by atoms with van der Waals surface area (Å²) >= 11 is 6.13. The Morgan fingerprint density at radius 2 is 1.92 bits per heavy atom. The van der Waals surface area contributed by atoms with Crippen LogP contribution in [0.3, 0.4) is 0 Å². The zero-order valence-electron chi connectivity index (χ0n) is 19.6. The molecule has 0 fully saturated rings. The number of allylic oxidation sites excluding steroid dienone is 3. The number of carbonyl (C=O) groups excluding carboxylic acids is 2. The van der Waals surface area contributed by atoms with E-state index in [1.54, 1.807) is 19.1 Å². The fourth-order valence-electron chi connectivity index (χ4n) is 4.77. The molecule has 0 spiro atoms. The maximum absolute atomic E-state index is 13.6. The Morgan fingerprint density at radius 1 is 1.11 bits per heavy atom. The van der Waals surface area contributed by atoms with Crippen molar-refractivity contribution >= 4 is 34.3 Å². The molecular formula is C28H24ClNO6. The molecule has 2 heterocycles. The highest BCUT2D eigenvalue weighted by atomic mass is 35.5. The van der Waals surface area contributed by atoms with E-state index in [0.29, 0.717) is 46.9 Å². The van der Waals surface area contributed by atoms with Gasteiger partial charge in [0.25, 0.3) is 0 Å². The number of ether oxygens (including phenoxy) is 2. The van der Waals surface area contributed by atoms with Gasteiger partial charge in [-0.05, 0) is 50.1 Å². The van der Waals surface area contributed by atoms with E-state index in [2.05, 4.69) is 5.32 Å². The van der Waals surface area contributed by atoms with Crippen molar-refractivity contribution in [2.45, 2.75) is 32.1 Å². The van der Waals surface area contributed by atoms with Crippen molar-refractivity contribution < 1.29 is 23.5 Å². The Labute approximate surface area is 212 Å². The summed E-state index contributed by atoms with van der Waals surface area (Å²) < 4.78 is 16.9. The Hall–Kier alpha value is -3.84. The van der Waals surface area contributed by atoms with Gasteiger partial charge in [0.2, 0.25) is 0 Å². The van der Waals surface area contributed by atoms with Gasteiger partial charge in [0.1, 0.15) is 24.5 Å². The first-order valence-electron chi connectivity index (χ1n) is 11.7. The van der Waals surface area contributed by atoms with Crippen molar-refractivity contribution in [3.63, 3.8) is 0 Å². The maximum Gasteiger partial charge on any atom is 0.336 e. The molecule has 2 aliphatic rings. The third kappa shape index (κ3) is 4.54. The molecule has 1 aliphatic carbocycles. The number of hydrogen-bond acceptors (Lipinski definition) is 7. The molecule has 5 rings (SSSR count). The van der Waals surface area contributed by atoms with Crippen molar-refractivity contribution in [3.05, 3.63) is 98.1 Å². The van der Waals surface area contributed by atoms with Gasteiger partial charge in [0, 0.05) is 34.0 Å². The summed E-state index contributed by atoms with van der Waals surface area (Å²) in [5.74, 6) is -0.978. The second-order valence-electron chi connectivity index (χ2n) is 8.72. The zero-order chi connectivity index (χ0) is 25.2. The smallest absolute Gasteiger partial charge is 0.336 e. The monoisotopic (exact) mass is 505 g/mol. The molecule has 0 radical (unpaired) electrons. The molecule has 36 heavy (non-hydrogen) atoms. The van der Waals surface area contributed by atoms with E-state index in [0.717, 1.165) is 5.70 Å². The summed E-state index contributed by atoms with van der Waals surface area (Å²) in [6, 6.07) is 14.0. The predicted molar refractivity (Wildman–Crippen MR) is 135 cm³/mol. The number of halogens is 1. The first-order valence-corrected chi connectivity index (χ1v) is 12.1. The summed E-state index contributed by atoms with van der Waals surface area (Å²) in [7, 11) is 0. The summed E-state index contributed by atoms with van der Waals surface area (Å²) in [4.78, 5) is 40.0. The van der Waals surface area contributed by atoms with E-state index in [1.807, 2.05) is 30.3 Å². The minimum atomic E-state index is -0.906. The fourth-order valence-corrected chi connectivity index (χ4v) is 4.94. The molecule has 8 heteroatoms. The van der Waals surface area contributed by atoms with Crippen LogP contribution in [0.5, 0.6) is 5.75 Å². The van der Waals surface area contributed by atoms with E-state index < -0.39 is 11.9 Å². The molecule has 1 aliphatic heterocycles. The van der Waals surface area contributed by atoms with Crippen LogP contribution in [0, 0.1) is 0 Å². The van der Waals surface area contributed by atoms with E-state index in [9.17, 15) is 14.4 Å². The van der Waals surface area contributed by atoms with E-state index in [-0.39, 0.29) is 40.9 Å². The standard InChI is InChI=1S/C28H24ClNO6/c1-16-24(28(33)35-13-12-34-18-6-3-2-4-7-18)25(26-21(30-16)8-5-9-22(26)31)20-15-36-23-11-10-17(29)14-19(23)27(20)32/h2-4,6-7,10-11,14-15,25,30H,5,8-9,12-13H2,1H3/t25-/m0/s1. The van der Waals surface area contributed by atoms with Crippen LogP contribution in [0.2, 0.25) is 5.02 Å². The highest BCUT2D eigenvalue weighted by molar-refractivity contribution is 6.31. The van der Waals surface area contributed by atoms with Crippen LogP contribution in [0.1, 0.15) is 37.7 Å². The molecule has 0 amide bonds. The number of carbonyl (C=O) groups is 2. The van der Waals surface area contributed by atoms with Gasteiger partial charge in [-0.1, -0.05) is 29.8 Å². The van der Waals surface area contributed by atoms with Gasteiger partial charge >= 0.3 is 5.97 Å². The summed E-state index contributed by atoms with van der Waals surface area (Å²) in [6.45, 7) is 1.90. The lowest BCUT2D eigenvalue weighted by molar-refractivity contribution is -0.140. The molecular weight excluding hydrogens is 482 g/mol. The molecule has 1 atom stereocenters. The van der Waals surface area contributed by atoms with Crippen LogP contribution in [-0.4, -0.2) is 25.0 Å². The lowest BCUT2D eigenvalue weighted by Crippen LogP contribution is -2.36. The molecule has 0 saturated carbocycles. The number of rotatable bonds is 6. The molecule has 1 aromatic heterocycles. The number of nitrogens with one attached hydrogen (secondary N) is 1. The van der Waals surface area contributed by atoms with Crippen molar-refractivity contribution in [1.82, 2.24) is 5.32 Å². The number of hydrogen-bond donors (Lipinski definition) is 1. The topological polar surface area (TPSA) is 94.8 Å². The van der Waals surface area contributed by atoms with Gasteiger partial charge in [0.15, 0.2) is 11.2 Å². The largest absolute Gasteiger partial charge is 0.490 e. The summed E-state index contributed by atoms with van der Waals surface area (Å²) in [5, 5.41) is 3.88. The van der Waals surface area contributed by atoms with Crippen LogP contribution < -0.4 is 15.5 Å². The van der Waals surface area contributed by atoms with E-state index >= 15 is 0 Å². The minimum Gasteiger partial charge on any atom is -0.490 e. The quantitative estimate of drug-likeness (QED) is 0.370. The molecule has 0 bridgehead atoms. The van der Waals surface area contributed by atoms with Crippen LogP contribution >= 0.6 is 11.6 Å². The lowest BCUT2D eigenvalue weighted by Gasteiger charge is -2.33. The van der Waals surface area contributed by atoms with Crippen LogP contribution in [0.15, 0.2) is 86.5 Å². The van der Waals surface area contributed by atoms with Gasteiger partial charge in [-0.3, -0.25) is 9.59 Å². The normalized spacial score (nSPS) is 17.6. The van der Waals surface area contributed by atoms with Crippen molar-refractivity contribution in [3.8, 4) is 5.75 Å². The van der Waals surface area contributed by atoms with Gasteiger partial charge in [-0.15, -0.1) is 0 Å². The average molecular weight is 506 g/mol. The van der Waals surface area contributed by atoms with Crippen molar-refractivity contribution in [2.24, 2.45) is 0 Å². The Kier molecular flexibility index (Phi) is 6.65. The third-order valence-electron chi connectivity index (χ3n) is 6.40. The number of dihydropyridines is 1. The Morgan fingerprint density at radius 3 is 2.72 bits per heavy atom. The summed E-state index contributed by atoms with van der Waals surface area (Å²) in [5.41, 5.74) is 2.10.